The second-order valence-electron chi connectivity index (χ2n) is 9.92. The first kappa shape index (κ1) is 27.3. The number of aliphatic hydroxyl groups excluding tert-OH is 2. The molecule has 5 rings (SSSR count). The van der Waals surface area contributed by atoms with E-state index in [1.54, 1.807) is 36.3 Å². The largest absolute Gasteiger partial charge is 0.392 e. The number of likely N-dealkylation sites (N-methyl/N-ethyl adjacent to an activating group) is 1. The van der Waals surface area contributed by atoms with Gasteiger partial charge in [0, 0.05) is 62.5 Å². The minimum atomic E-state index is -2.55. The van der Waals surface area contributed by atoms with Gasteiger partial charge in [-0.3, -0.25) is 9.48 Å². The first-order valence-electron chi connectivity index (χ1n) is 12.8. The van der Waals surface area contributed by atoms with Gasteiger partial charge < -0.3 is 30.2 Å². The molecule has 2 aromatic carbocycles. The van der Waals surface area contributed by atoms with Crippen LogP contribution in [0.2, 0.25) is 0 Å². The smallest absolute Gasteiger partial charge is 0.258 e. The quantitative estimate of drug-likeness (QED) is 0.414. The summed E-state index contributed by atoms with van der Waals surface area (Å²) in [7, 11) is 5.58. The summed E-state index contributed by atoms with van der Waals surface area (Å²) in [4.78, 5) is 23.4. The van der Waals surface area contributed by atoms with Crippen LogP contribution in [0.1, 0.15) is 27.0 Å². The SMILES string of the molecule is CN(C)c1ccc2c(c1)CCN(c1cccc(C3=CN(C)C(O)C(Nc4cnn(CC(F)F)c4)=N3)c1CO)C2=O. The van der Waals surface area contributed by atoms with E-state index in [1.807, 2.05) is 37.2 Å². The number of halogens is 2. The molecule has 2 aliphatic rings. The number of hydrogen-bond acceptors (Lipinski definition) is 8. The number of alkyl halides is 2. The predicted octanol–water partition coefficient (Wildman–Crippen LogP) is 2.98. The van der Waals surface area contributed by atoms with Crippen molar-refractivity contribution < 1.29 is 23.8 Å². The van der Waals surface area contributed by atoms with Crippen LogP contribution in [0.5, 0.6) is 0 Å². The van der Waals surface area contributed by atoms with Crippen molar-refractivity contribution in [1.29, 1.82) is 0 Å². The number of rotatable bonds is 7. The fourth-order valence-electron chi connectivity index (χ4n) is 4.93. The Morgan fingerprint density at radius 2 is 2.00 bits per heavy atom. The number of amidine groups is 1. The molecular formula is C28H31F2N7O3. The highest BCUT2D eigenvalue weighted by atomic mass is 19.3. The Balaban J connectivity index is 1.46. The van der Waals surface area contributed by atoms with Gasteiger partial charge in [-0.25, -0.2) is 13.8 Å². The summed E-state index contributed by atoms with van der Waals surface area (Å²) in [5, 5.41) is 28.0. The van der Waals surface area contributed by atoms with E-state index in [4.69, 9.17) is 0 Å². The first-order chi connectivity index (χ1) is 19.2. The van der Waals surface area contributed by atoms with E-state index >= 15 is 0 Å². The monoisotopic (exact) mass is 551 g/mol. The molecule has 0 bridgehead atoms. The highest BCUT2D eigenvalue weighted by molar-refractivity contribution is 6.09. The number of hydrogen-bond donors (Lipinski definition) is 3. The van der Waals surface area contributed by atoms with Crippen molar-refractivity contribution in [3.8, 4) is 0 Å². The molecule has 0 saturated carbocycles. The molecule has 3 aromatic rings. The Kier molecular flexibility index (Phi) is 7.55. The molecule has 0 saturated heterocycles. The second-order valence-corrected chi connectivity index (χ2v) is 9.92. The van der Waals surface area contributed by atoms with Gasteiger partial charge in [-0.15, -0.1) is 0 Å². The maximum Gasteiger partial charge on any atom is 0.258 e. The Hall–Kier alpha value is -4.29. The summed E-state index contributed by atoms with van der Waals surface area (Å²) >= 11 is 0. The van der Waals surface area contributed by atoms with Gasteiger partial charge in [-0.2, -0.15) is 5.10 Å². The van der Waals surface area contributed by atoms with Crippen molar-refractivity contribution in [3.05, 3.63) is 77.2 Å². The van der Waals surface area contributed by atoms with Crippen LogP contribution in [-0.4, -0.2) is 77.0 Å². The summed E-state index contributed by atoms with van der Waals surface area (Å²) in [6.45, 7) is -0.440. The number of fused-ring (bicyclic) bond motifs is 1. The van der Waals surface area contributed by atoms with Crippen LogP contribution in [0.3, 0.4) is 0 Å². The van der Waals surface area contributed by atoms with Crippen LogP contribution in [0.4, 0.5) is 25.8 Å². The molecule has 210 valence electrons. The summed E-state index contributed by atoms with van der Waals surface area (Å²) < 4.78 is 26.5. The molecule has 1 atom stereocenters. The van der Waals surface area contributed by atoms with E-state index in [9.17, 15) is 23.8 Å². The molecular weight excluding hydrogens is 520 g/mol. The van der Waals surface area contributed by atoms with Gasteiger partial charge in [-0.05, 0) is 36.2 Å². The zero-order valence-electron chi connectivity index (χ0n) is 22.4. The summed E-state index contributed by atoms with van der Waals surface area (Å²) in [5.41, 5.74) is 5.17. The number of nitrogens with zero attached hydrogens (tertiary/aromatic N) is 6. The number of benzene rings is 2. The standard InChI is InChI=1S/C28H31F2N7O3/c1-34(2)19-7-8-20-17(11-19)9-10-37(27(20)39)24-6-4-5-21(22(24)16-38)23-14-35(3)28(40)26(33-23)32-18-12-31-36(13-18)15-25(29)30/h4-8,11-14,25,28,38,40H,9-10,15-16H2,1-3H3,(H,32,33). The average molecular weight is 552 g/mol. The number of carbonyl (C=O) groups is 1. The van der Waals surface area contributed by atoms with Gasteiger partial charge in [0.15, 0.2) is 12.1 Å². The lowest BCUT2D eigenvalue weighted by Gasteiger charge is -2.32. The fraction of sp³-hybridized carbons (Fsp3) is 0.321. The third-order valence-electron chi connectivity index (χ3n) is 6.99. The number of carbonyl (C=O) groups excluding carboxylic acids is 1. The lowest BCUT2D eigenvalue weighted by atomic mass is 9.95. The van der Waals surface area contributed by atoms with Crippen LogP contribution in [0, 0.1) is 0 Å². The van der Waals surface area contributed by atoms with E-state index in [2.05, 4.69) is 15.4 Å². The highest BCUT2D eigenvalue weighted by Crippen LogP contribution is 2.34. The minimum absolute atomic E-state index is 0.143. The number of aromatic nitrogens is 2. The molecule has 10 nitrogen and oxygen atoms in total. The molecule has 0 aliphatic carbocycles. The van der Waals surface area contributed by atoms with Gasteiger partial charge in [0.25, 0.3) is 12.3 Å². The summed E-state index contributed by atoms with van der Waals surface area (Å²) in [6.07, 6.45) is 1.41. The lowest BCUT2D eigenvalue weighted by molar-refractivity contribution is 0.0980. The van der Waals surface area contributed by atoms with Crippen LogP contribution in [0.15, 0.2) is 60.0 Å². The Morgan fingerprint density at radius 3 is 2.73 bits per heavy atom. The molecule has 1 amide bonds. The topological polar surface area (TPSA) is 109 Å². The van der Waals surface area contributed by atoms with Crippen molar-refractivity contribution >= 4 is 34.5 Å². The van der Waals surface area contributed by atoms with Crippen molar-refractivity contribution in [2.45, 2.75) is 32.2 Å². The van der Waals surface area contributed by atoms with Gasteiger partial charge in [0.1, 0.15) is 6.54 Å². The summed E-state index contributed by atoms with van der Waals surface area (Å²) in [6, 6.07) is 11.2. The molecule has 40 heavy (non-hydrogen) atoms. The zero-order valence-corrected chi connectivity index (χ0v) is 22.4. The van der Waals surface area contributed by atoms with Crippen molar-refractivity contribution in [2.24, 2.45) is 4.99 Å². The Labute approximate surface area is 230 Å². The fourth-order valence-corrected chi connectivity index (χ4v) is 4.93. The summed E-state index contributed by atoms with van der Waals surface area (Å²) in [5.74, 6) is 0.0146. The van der Waals surface area contributed by atoms with Gasteiger partial charge >= 0.3 is 0 Å². The molecule has 2 aliphatic heterocycles. The molecule has 3 heterocycles. The van der Waals surface area contributed by atoms with Crippen LogP contribution >= 0.6 is 0 Å². The molecule has 0 spiro atoms. The molecule has 1 unspecified atom stereocenters. The maximum absolute atomic E-state index is 13.6. The van der Waals surface area contributed by atoms with Crippen molar-refractivity contribution in [2.75, 3.05) is 42.8 Å². The maximum atomic E-state index is 13.6. The van der Waals surface area contributed by atoms with Gasteiger partial charge in [0.05, 0.1) is 29.9 Å². The van der Waals surface area contributed by atoms with E-state index in [0.29, 0.717) is 46.7 Å². The number of aliphatic hydroxyl groups is 2. The Morgan fingerprint density at radius 1 is 1.20 bits per heavy atom. The van der Waals surface area contributed by atoms with E-state index < -0.39 is 19.2 Å². The molecule has 3 N–H and O–H groups in total. The average Bonchev–Trinajstić information content (AvgIpc) is 3.36. The molecule has 0 fully saturated rings. The highest BCUT2D eigenvalue weighted by Gasteiger charge is 2.30. The number of anilines is 3. The van der Waals surface area contributed by atoms with Crippen LogP contribution < -0.4 is 15.1 Å². The molecule has 0 radical (unpaired) electrons. The number of nitrogens with one attached hydrogen (secondary N) is 1. The normalized spacial score (nSPS) is 17.1. The van der Waals surface area contributed by atoms with Crippen LogP contribution in [0.25, 0.3) is 5.70 Å². The van der Waals surface area contributed by atoms with Crippen molar-refractivity contribution in [1.82, 2.24) is 14.7 Å². The third kappa shape index (κ3) is 5.27. The number of aliphatic imine (C=N–C) groups is 1. The third-order valence-corrected chi connectivity index (χ3v) is 6.99. The minimum Gasteiger partial charge on any atom is -0.392 e. The Bertz CT molecular complexity index is 1480. The van der Waals surface area contributed by atoms with Gasteiger partial charge in [0.2, 0.25) is 0 Å². The van der Waals surface area contributed by atoms with E-state index in [1.165, 1.54) is 17.3 Å². The van der Waals surface area contributed by atoms with Crippen molar-refractivity contribution in [3.63, 3.8) is 0 Å². The first-order valence-corrected chi connectivity index (χ1v) is 12.8. The predicted molar refractivity (Wildman–Crippen MR) is 150 cm³/mol. The second kappa shape index (κ2) is 11.1. The molecule has 12 heteroatoms. The van der Waals surface area contributed by atoms with Crippen LogP contribution in [-0.2, 0) is 19.6 Å². The zero-order chi connectivity index (χ0) is 28.6. The van der Waals surface area contributed by atoms with Gasteiger partial charge in [-0.1, -0.05) is 12.1 Å². The number of amides is 1. The lowest BCUT2D eigenvalue weighted by Crippen LogP contribution is -2.41. The molecule has 1 aromatic heterocycles. The van der Waals surface area contributed by atoms with E-state index in [-0.39, 0.29) is 18.3 Å². The van der Waals surface area contributed by atoms with E-state index in [0.717, 1.165) is 15.9 Å².